The quantitative estimate of drug-likeness (QED) is 0.343. The Morgan fingerprint density at radius 3 is 2.55 bits per heavy atom. The average Bonchev–Trinajstić information content (AvgIpc) is 2.74. The SMILES string of the molecule is C=C(NCCCCCC)/C(C)=C/CN(C)C(=O)C(NC(=O)C1CCCCN1C)C(C)C. The summed E-state index contributed by atoms with van der Waals surface area (Å²) in [6.07, 6.45) is 9.93. The summed E-state index contributed by atoms with van der Waals surface area (Å²) < 4.78 is 0. The summed E-state index contributed by atoms with van der Waals surface area (Å²) in [6.45, 7) is 14.6. The lowest BCUT2D eigenvalue weighted by Crippen LogP contribution is -2.56. The van der Waals surface area contributed by atoms with Gasteiger partial charge in [-0.15, -0.1) is 0 Å². The minimum absolute atomic E-state index is 0.0256. The van der Waals surface area contributed by atoms with Crippen LogP contribution >= 0.6 is 0 Å². The van der Waals surface area contributed by atoms with Gasteiger partial charge in [-0.05, 0) is 51.3 Å². The van der Waals surface area contributed by atoms with Crippen molar-refractivity contribution in [1.29, 1.82) is 0 Å². The maximum Gasteiger partial charge on any atom is 0.245 e. The van der Waals surface area contributed by atoms with Gasteiger partial charge >= 0.3 is 0 Å². The van der Waals surface area contributed by atoms with Crippen molar-refractivity contribution in [1.82, 2.24) is 20.4 Å². The van der Waals surface area contributed by atoms with Gasteiger partial charge in [-0.2, -0.15) is 0 Å². The normalized spacial score (nSPS) is 18.5. The molecule has 1 rings (SSSR count). The molecule has 6 nitrogen and oxygen atoms in total. The van der Waals surface area contributed by atoms with Crippen molar-refractivity contribution in [3.05, 3.63) is 23.9 Å². The van der Waals surface area contributed by atoms with Crippen LogP contribution in [-0.2, 0) is 9.59 Å². The number of amides is 2. The molecule has 6 heteroatoms. The molecule has 1 aliphatic heterocycles. The van der Waals surface area contributed by atoms with Gasteiger partial charge in [-0.3, -0.25) is 14.5 Å². The summed E-state index contributed by atoms with van der Waals surface area (Å²) in [7, 11) is 3.78. The number of allylic oxidation sites excluding steroid dienone is 1. The maximum absolute atomic E-state index is 13.1. The van der Waals surface area contributed by atoms with E-state index in [1.54, 1.807) is 11.9 Å². The second-order valence-corrected chi connectivity index (χ2v) is 9.29. The molecule has 0 aromatic heterocycles. The van der Waals surface area contributed by atoms with Crippen molar-refractivity contribution in [2.24, 2.45) is 5.92 Å². The number of hydrogen-bond acceptors (Lipinski definition) is 4. The third kappa shape index (κ3) is 9.46. The fourth-order valence-electron chi connectivity index (χ4n) is 3.82. The fraction of sp³-hybridized carbons (Fsp3) is 0.760. The van der Waals surface area contributed by atoms with E-state index in [-0.39, 0.29) is 23.8 Å². The number of nitrogens with one attached hydrogen (secondary N) is 2. The van der Waals surface area contributed by atoms with E-state index >= 15 is 0 Å². The summed E-state index contributed by atoms with van der Waals surface area (Å²) in [5.74, 6) is -0.0587. The Labute approximate surface area is 190 Å². The van der Waals surface area contributed by atoms with Gasteiger partial charge in [0.15, 0.2) is 0 Å². The lowest BCUT2D eigenvalue weighted by atomic mass is 9.99. The zero-order valence-electron chi connectivity index (χ0n) is 20.8. The lowest BCUT2D eigenvalue weighted by molar-refractivity contribution is -0.138. The van der Waals surface area contributed by atoms with Crippen molar-refractivity contribution in [2.75, 3.05) is 33.7 Å². The summed E-state index contributed by atoms with van der Waals surface area (Å²) >= 11 is 0. The highest BCUT2D eigenvalue weighted by molar-refractivity contribution is 5.90. The third-order valence-corrected chi connectivity index (χ3v) is 6.20. The van der Waals surface area contributed by atoms with Crippen LogP contribution in [0, 0.1) is 5.92 Å². The maximum atomic E-state index is 13.1. The molecule has 0 radical (unpaired) electrons. The molecule has 0 spiro atoms. The van der Waals surface area contributed by atoms with Gasteiger partial charge in [0.05, 0.1) is 6.04 Å². The monoisotopic (exact) mass is 434 g/mol. The molecule has 2 amide bonds. The minimum Gasteiger partial charge on any atom is -0.385 e. The van der Waals surface area contributed by atoms with Crippen molar-refractivity contribution in [2.45, 2.75) is 84.7 Å². The highest BCUT2D eigenvalue weighted by Crippen LogP contribution is 2.16. The number of rotatable bonds is 13. The van der Waals surface area contributed by atoms with E-state index in [1.165, 1.54) is 19.3 Å². The van der Waals surface area contributed by atoms with E-state index in [9.17, 15) is 9.59 Å². The molecule has 0 aromatic carbocycles. The molecular formula is C25H46N4O2. The van der Waals surface area contributed by atoms with E-state index in [4.69, 9.17) is 0 Å². The summed E-state index contributed by atoms with van der Waals surface area (Å²) in [4.78, 5) is 29.7. The molecule has 0 aromatic rings. The van der Waals surface area contributed by atoms with E-state index in [2.05, 4.69) is 29.0 Å². The molecule has 0 saturated carbocycles. The molecule has 1 fully saturated rings. The third-order valence-electron chi connectivity index (χ3n) is 6.20. The second kappa shape index (κ2) is 14.3. The molecule has 2 N–H and O–H groups in total. The van der Waals surface area contributed by atoms with Crippen molar-refractivity contribution in [3.63, 3.8) is 0 Å². The number of hydrogen-bond donors (Lipinski definition) is 2. The van der Waals surface area contributed by atoms with Gasteiger partial charge in [0.25, 0.3) is 0 Å². The Balaban J connectivity index is 2.59. The van der Waals surface area contributed by atoms with Crippen LogP contribution in [0.25, 0.3) is 0 Å². The predicted molar refractivity (Wildman–Crippen MR) is 130 cm³/mol. The zero-order chi connectivity index (χ0) is 23.4. The second-order valence-electron chi connectivity index (χ2n) is 9.29. The number of likely N-dealkylation sites (tertiary alicyclic amines) is 1. The van der Waals surface area contributed by atoms with E-state index < -0.39 is 6.04 Å². The van der Waals surface area contributed by atoms with Crippen LogP contribution < -0.4 is 10.6 Å². The number of carbonyl (C=O) groups excluding carboxylic acids is 2. The number of piperidine rings is 1. The van der Waals surface area contributed by atoms with E-state index in [1.807, 2.05) is 33.9 Å². The number of likely N-dealkylation sites (N-methyl/N-ethyl adjacent to an activating group) is 2. The molecule has 2 unspecified atom stereocenters. The van der Waals surface area contributed by atoms with Crippen molar-refractivity contribution in [3.8, 4) is 0 Å². The summed E-state index contributed by atoms with van der Waals surface area (Å²) in [5, 5.41) is 6.40. The lowest BCUT2D eigenvalue weighted by Gasteiger charge is -2.34. The van der Waals surface area contributed by atoms with Crippen LogP contribution in [0.4, 0.5) is 0 Å². The first kappa shape index (κ1) is 27.2. The van der Waals surface area contributed by atoms with Crippen molar-refractivity contribution < 1.29 is 9.59 Å². The van der Waals surface area contributed by atoms with Crippen LogP contribution in [0.2, 0.25) is 0 Å². The number of unbranched alkanes of at least 4 members (excludes halogenated alkanes) is 3. The van der Waals surface area contributed by atoms with Gasteiger partial charge in [0, 0.05) is 25.8 Å². The first-order chi connectivity index (χ1) is 14.7. The largest absolute Gasteiger partial charge is 0.385 e. The average molecular weight is 435 g/mol. The zero-order valence-corrected chi connectivity index (χ0v) is 20.8. The predicted octanol–water partition coefficient (Wildman–Crippen LogP) is 3.70. The molecule has 0 aliphatic carbocycles. The smallest absolute Gasteiger partial charge is 0.245 e. The Hall–Kier alpha value is -1.82. The molecule has 1 aliphatic rings. The minimum atomic E-state index is -0.513. The van der Waals surface area contributed by atoms with Crippen LogP contribution in [0.1, 0.15) is 72.6 Å². The molecule has 1 saturated heterocycles. The molecule has 31 heavy (non-hydrogen) atoms. The number of carbonyl (C=O) groups is 2. The Kier molecular flexibility index (Phi) is 12.5. The fourth-order valence-corrected chi connectivity index (χ4v) is 3.82. The van der Waals surface area contributed by atoms with E-state index in [0.29, 0.717) is 6.54 Å². The number of nitrogens with zero attached hydrogens (tertiary/aromatic N) is 2. The van der Waals surface area contributed by atoms with Gasteiger partial charge in [-0.1, -0.05) is 59.1 Å². The van der Waals surface area contributed by atoms with E-state index in [0.717, 1.165) is 50.0 Å². The van der Waals surface area contributed by atoms with Crippen LogP contribution in [0.15, 0.2) is 23.9 Å². The highest BCUT2D eigenvalue weighted by Gasteiger charge is 2.32. The molecule has 2 atom stereocenters. The van der Waals surface area contributed by atoms with Crippen LogP contribution in [0.3, 0.4) is 0 Å². The molecule has 1 heterocycles. The Morgan fingerprint density at radius 2 is 1.94 bits per heavy atom. The highest BCUT2D eigenvalue weighted by atomic mass is 16.2. The Bertz CT molecular complexity index is 615. The van der Waals surface area contributed by atoms with Crippen LogP contribution in [-0.4, -0.2) is 67.4 Å². The first-order valence-corrected chi connectivity index (χ1v) is 12.0. The standard InChI is InChI=1S/C25H46N4O2/c1-8-9-10-12-16-26-21(5)20(4)15-18-29(7)25(31)23(19(2)3)27-24(30)22-14-11-13-17-28(22)6/h15,19,22-23,26H,5,8-14,16-18H2,1-4,6-7H3,(H,27,30)/b20-15+. The first-order valence-electron chi connectivity index (χ1n) is 12.0. The van der Waals surface area contributed by atoms with Gasteiger partial charge in [0.2, 0.25) is 11.8 Å². The van der Waals surface area contributed by atoms with Gasteiger partial charge < -0.3 is 15.5 Å². The van der Waals surface area contributed by atoms with Gasteiger partial charge in [0.1, 0.15) is 6.04 Å². The Morgan fingerprint density at radius 1 is 1.23 bits per heavy atom. The molecule has 0 bridgehead atoms. The summed E-state index contributed by atoms with van der Waals surface area (Å²) in [6, 6.07) is -0.650. The summed E-state index contributed by atoms with van der Waals surface area (Å²) in [5.41, 5.74) is 1.95. The topological polar surface area (TPSA) is 64.7 Å². The van der Waals surface area contributed by atoms with Crippen LogP contribution in [0.5, 0.6) is 0 Å². The van der Waals surface area contributed by atoms with Gasteiger partial charge in [-0.25, -0.2) is 0 Å². The van der Waals surface area contributed by atoms with Crippen molar-refractivity contribution >= 4 is 11.8 Å². The molecular weight excluding hydrogens is 388 g/mol. The molecule has 178 valence electrons.